The van der Waals surface area contributed by atoms with Crippen LogP contribution in [0.15, 0.2) is 0 Å². The first kappa shape index (κ1) is 18.5. The highest BCUT2D eigenvalue weighted by Crippen LogP contribution is 2.24. The third-order valence-corrected chi connectivity index (χ3v) is 5.41. The molecule has 0 radical (unpaired) electrons. The average molecular weight is 326 g/mol. The van der Waals surface area contributed by atoms with Gasteiger partial charge < -0.3 is 19.6 Å². The first-order valence-electron chi connectivity index (χ1n) is 9.46. The Morgan fingerprint density at radius 1 is 1.09 bits per heavy atom. The quantitative estimate of drug-likeness (QED) is 0.658. The predicted molar refractivity (Wildman–Crippen MR) is 91.9 cm³/mol. The normalized spacial score (nSPS) is 25.6. The molecule has 1 N–H and O–H groups in total. The lowest BCUT2D eigenvalue weighted by Crippen LogP contribution is -2.39. The molecule has 5 heteroatoms. The molecule has 134 valence electrons. The number of nitrogens with zero attached hydrogens (tertiary/aromatic N) is 2. The lowest BCUT2D eigenvalue weighted by Gasteiger charge is -2.33. The van der Waals surface area contributed by atoms with Crippen molar-refractivity contribution < 1.29 is 14.6 Å². The Kier molecular flexibility index (Phi) is 8.17. The minimum absolute atomic E-state index is 0.179. The Morgan fingerprint density at radius 3 is 2.39 bits per heavy atom. The summed E-state index contributed by atoms with van der Waals surface area (Å²) in [5.41, 5.74) is 0. The molecule has 23 heavy (non-hydrogen) atoms. The number of hydrogen-bond donors (Lipinski definition) is 1. The molecule has 0 aromatic heterocycles. The number of likely N-dealkylation sites (tertiary alicyclic amines) is 1. The van der Waals surface area contributed by atoms with Crippen molar-refractivity contribution in [3.05, 3.63) is 0 Å². The Labute approximate surface area is 141 Å². The summed E-state index contributed by atoms with van der Waals surface area (Å²) in [5.74, 6) is 0. The average Bonchev–Trinajstić information content (AvgIpc) is 3.07. The summed E-state index contributed by atoms with van der Waals surface area (Å²) in [6, 6.07) is 0.179. The van der Waals surface area contributed by atoms with Crippen LogP contribution >= 0.6 is 0 Å². The molecule has 1 amide bonds. The molecule has 0 unspecified atom stereocenters. The molecule has 0 aromatic carbocycles. The van der Waals surface area contributed by atoms with Gasteiger partial charge in [0.1, 0.15) is 0 Å². The van der Waals surface area contributed by atoms with Crippen LogP contribution in [0, 0.1) is 0 Å². The van der Waals surface area contributed by atoms with Crippen LogP contribution < -0.4 is 0 Å². The number of amides is 1. The Hall–Kier alpha value is -0.810. The van der Waals surface area contributed by atoms with E-state index < -0.39 is 6.09 Å². The van der Waals surface area contributed by atoms with Crippen molar-refractivity contribution >= 4 is 6.09 Å². The zero-order valence-electron chi connectivity index (χ0n) is 14.7. The van der Waals surface area contributed by atoms with Crippen LogP contribution in [0.5, 0.6) is 0 Å². The summed E-state index contributed by atoms with van der Waals surface area (Å²) < 4.78 is 5.98. The molecule has 0 bridgehead atoms. The van der Waals surface area contributed by atoms with E-state index in [1.165, 1.54) is 56.6 Å². The van der Waals surface area contributed by atoms with Gasteiger partial charge in [0.05, 0.1) is 6.10 Å². The van der Waals surface area contributed by atoms with Gasteiger partial charge in [-0.15, -0.1) is 0 Å². The van der Waals surface area contributed by atoms with E-state index in [1.807, 2.05) is 0 Å². The van der Waals surface area contributed by atoms with E-state index in [2.05, 4.69) is 4.90 Å². The largest absolute Gasteiger partial charge is 0.465 e. The van der Waals surface area contributed by atoms with Gasteiger partial charge in [0.25, 0.3) is 0 Å². The molecule has 1 saturated carbocycles. The van der Waals surface area contributed by atoms with Gasteiger partial charge in [-0.3, -0.25) is 0 Å². The van der Waals surface area contributed by atoms with Crippen molar-refractivity contribution in [3.8, 4) is 0 Å². The smallest absolute Gasteiger partial charge is 0.407 e. The molecule has 1 aliphatic carbocycles. The molecule has 2 aliphatic rings. The van der Waals surface area contributed by atoms with Gasteiger partial charge in [0, 0.05) is 19.7 Å². The third-order valence-electron chi connectivity index (χ3n) is 5.41. The van der Waals surface area contributed by atoms with Crippen LogP contribution in [0.4, 0.5) is 4.79 Å². The third kappa shape index (κ3) is 6.68. The first-order chi connectivity index (χ1) is 11.2. The van der Waals surface area contributed by atoms with Crippen LogP contribution in [-0.2, 0) is 4.74 Å². The lowest BCUT2D eigenvalue weighted by atomic mass is 9.92. The molecular formula is C18H34N2O3. The number of unbranched alkanes of at least 4 members (excludes halogenated alkanes) is 3. The number of ether oxygens (including phenoxy) is 1. The van der Waals surface area contributed by atoms with E-state index >= 15 is 0 Å². The van der Waals surface area contributed by atoms with E-state index in [9.17, 15) is 4.79 Å². The molecule has 0 atom stereocenters. The summed E-state index contributed by atoms with van der Waals surface area (Å²) in [5, 5.41) is 9.01. The lowest BCUT2D eigenvalue weighted by molar-refractivity contribution is 0.00994. The van der Waals surface area contributed by atoms with Crippen LogP contribution in [-0.4, -0.2) is 66.4 Å². The summed E-state index contributed by atoms with van der Waals surface area (Å²) in [4.78, 5) is 15.0. The molecule has 5 nitrogen and oxygen atoms in total. The fourth-order valence-corrected chi connectivity index (χ4v) is 3.80. The summed E-state index contributed by atoms with van der Waals surface area (Å²) in [6.45, 7) is 4.77. The predicted octanol–water partition coefficient (Wildman–Crippen LogP) is 3.58. The maximum absolute atomic E-state index is 11.0. The van der Waals surface area contributed by atoms with Gasteiger partial charge in [-0.05, 0) is 71.0 Å². The van der Waals surface area contributed by atoms with E-state index in [0.717, 1.165) is 38.7 Å². The summed E-state index contributed by atoms with van der Waals surface area (Å²) in [7, 11) is 1.68. The van der Waals surface area contributed by atoms with Crippen molar-refractivity contribution in [2.24, 2.45) is 0 Å². The van der Waals surface area contributed by atoms with E-state index in [1.54, 1.807) is 7.05 Å². The maximum Gasteiger partial charge on any atom is 0.407 e. The van der Waals surface area contributed by atoms with Crippen molar-refractivity contribution in [1.82, 2.24) is 9.80 Å². The topological polar surface area (TPSA) is 53.0 Å². The van der Waals surface area contributed by atoms with Gasteiger partial charge in [0.2, 0.25) is 0 Å². The molecule has 2 fully saturated rings. The van der Waals surface area contributed by atoms with Crippen LogP contribution in [0.2, 0.25) is 0 Å². The summed E-state index contributed by atoms with van der Waals surface area (Å²) >= 11 is 0. The van der Waals surface area contributed by atoms with Gasteiger partial charge in [-0.2, -0.15) is 0 Å². The van der Waals surface area contributed by atoms with Crippen LogP contribution in [0.3, 0.4) is 0 Å². The first-order valence-corrected chi connectivity index (χ1v) is 9.46. The fraction of sp³-hybridized carbons (Fsp3) is 0.944. The number of carboxylic acid groups (broad SMARTS) is 1. The summed E-state index contributed by atoms with van der Waals surface area (Å²) in [6.07, 6.45) is 11.2. The Bertz CT molecular complexity index is 337. The van der Waals surface area contributed by atoms with Crippen LogP contribution in [0.1, 0.15) is 64.2 Å². The van der Waals surface area contributed by atoms with Crippen molar-refractivity contribution in [2.75, 3.05) is 33.3 Å². The number of hydrogen-bond acceptors (Lipinski definition) is 3. The standard InChI is InChI=1S/C18H34N2O3/c1-19(18(21)22)16-8-10-17(11-9-16)23-15-7-3-2-4-12-20-13-5-6-14-20/h16-17H,2-15H2,1H3,(H,21,22). The molecule has 1 aliphatic heterocycles. The maximum atomic E-state index is 11.0. The molecule has 1 heterocycles. The second-order valence-corrected chi connectivity index (χ2v) is 7.16. The second kappa shape index (κ2) is 10.1. The Balaban J connectivity index is 1.42. The number of rotatable bonds is 9. The van der Waals surface area contributed by atoms with Crippen molar-refractivity contribution in [3.63, 3.8) is 0 Å². The van der Waals surface area contributed by atoms with Crippen molar-refractivity contribution in [1.29, 1.82) is 0 Å². The van der Waals surface area contributed by atoms with Gasteiger partial charge in [-0.25, -0.2) is 4.79 Å². The van der Waals surface area contributed by atoms with Crippen molar-refractivity contribution in [2.45, 2.75) is 76.4 Å². The Morgan fingerprint density at radius 2 is 1.74 bits per heavy atom. The highest BCUT2D eigenvalue weighted by molar-refractivity contribution is 5.64. The molecule has 2 rings (SSSR count). The minimum atomic E-state index is -0.816. The van der Waals surface area contributed by atoms with Gasteiger partial charge >= 0.3 is 6.09 Å². The molecule has 0 spiro atoms. The van der Waals surface area contributed by atoms with Gasteiger partial charge in [0.15, 0.2) is 0 Å². The van der Waals surface area contributed by atoms with E-state index in [4.69, 9.17) is 9.84 Å². The molecule has 0 aromatic rings. The van der Waals surface area contributed by atoms with E-state index in [0.29, 0.717) is 6.10 Å². The monoisotopic (exact) mass is 326 g/mol. The van der Waals surface area contributed by atoms with E-state index in [-0.39, 0.29) is 6.04 Å². The minimum Gasteiger partial charge on any atom is -0.465 e. The zero-order valence-corrected chi connectivity index (χ0v) is 14.7. The highest BCUT2D eigenvalue weighted by Gasteiger charge is 2.26. The van der Waals surface area contributed by atoms with Gasteiger partial charge in [-0.1, -0.05) is 12.8 Å². The fourth-order valence-electron chi connectivity index (χ4n) is 3.80. The SMILES string of the molecule is CN(C(=O)O)C1CCC(OCCCCCCN2CCCC2)CC1. The number of carbonyl (C=O) groups is 1. The highest BCUT2D eigenvalue weighted by atomic mass is 16.5. The molecule has 1 saturated heterocycles. The zero-order chi connectivity index (χ0) is 16.5. The van der Waals surface area contributed by atoms with Crippen LogP contribution in [0.25, 0.3) is 0 Å². The second-order valence-electron chi connectivity index (χ2n) is 7.16. The molecular weight excluding hydrogens is 292 g/mol.